The summed E-state index contributed by atoms with van der Waals surface area (Å²) in [6.07, 6.45) is -0.791. The Balaban J connectivity index is 1.65. The molecule has 0 aliphatic rings. The summed E-state index contributed by atoms with van der Waals surface area (Å²) >= 11 is 0. The number of carbonyl (C=O) groups excluding carboxylic acids is 1. The second-order valence-electron chi connectivity index (χ2n) is 5.07. The zero-order valence-electron chi connectivity index (χ0n) is 13.3. The van der Waals surface area contributed by atoms with Crippen LogP contribution in [0.5, 0.6) is 11.5 Å². The Hall–Kier alpha value is -2.60. The Kier molecular flexibility index (Phi) is 6.57. The molecule has 1 N–H and O–H groups in total. The predicted octanol–water partition coefficient (Wildman–Crippen LogP) is 3.06. The third-order valence-electron chi connectivity index (χ3n) is 3.17. The van der Waals surface area contributed by atoms with E-state index in [4.69, 9.17) is 14.2 Å². The van der Waals surface area contributed by atoms with Gasteiger partial charge in [-0.25, -0.2) is 9.18 Å². The number of esters is 1. The molecular weight excluding hydrogens is 315 g/mol. The molecule has 0 aliphatic carbocycles. The number of halogens is 1. The van der Waals surface area contributed by atoms with Crippen LogP contribution in [-0.4, -0.2) is 30.4 Å². The predicted molar refractivity (Wildman–Crippen MR) is 85.2 cm³/mol. The van der Waals surface area contributed by atoms with Crippen LogP contribution in [0.15, 0.2) is 48.5 Å². The van der Waals surface area contributed by atoms with Gasteiger partial charge in [0.1, 0.15) is 23.9 Å². The number of aromatic hydroxyl groups is 1. The molecule has 0 bridgehead atoms. The first-order chi connectivity index (χ1) is 11.6. The second-order valence-corrected chi connectivity index (χ2v) is 5.07. The lowest BCUT2D eigenvalue weighted by atomic mass is 10.2. The summed E-state index contributed by atoms with van der Waals surface area (Å²) in [5.41, 5.74) is 0.452. The van der Waals surface area contributed by atoms with Gasteiger partial charge in [0.05, 0.1) is 13.2 Å². The molecule has 6 heteroatoms. The molecule has 0 aliphatic heterocycles. The zero-order valence-corrected chi connectivity index (χ0v) is 13.3. The van der Waals surface area contributed by atoms with Crippen LogP contribution >= 0.6 is 0 Å². The molecule has 0 saturated heterocycles. The van der Waals surface area contributed by atoms with E-state index in [1.165, 1.54) is 18.2 Å². The highest BCUT2D eigenvalue weighted by atomic mass is 19.1. The van der Waals surface area contributed by atoms with Gasteiger partial charge in [-0.3, -0.25) is 0 Å². The second kappa shape index (κ2) is 8.88. The van der Waals surface area contributed by atoms with Crippen molar-refractivity contribution in [3.05, 3.63) is 59.9 Å². The van der Waals surface area contributed by atoms with Crippen molar-refractivity contribution in [3.63, 3.8) is 0 Å². The maximum absolute atomic E-state index is 13.4. The molecule has 0 heterocycles. The smallest absolute Gasteiger partial charge is 0.347 e. The molecule has 0 amide bonds. The molecular formula is C18H19FO5. The summed E-state index contributed by atoms with van der Waals surface area (Å²) < 4.78 is 29.1. The molecule has 2 aromatic carbocycles. The largest absolute Gasteiger partial charge is 0.508 e. The van der Waals surface area contributed by atoms with Crippen LogP contribution in [0.1, 0.15) is 12.5 Å². The first kappa shape index (κ1) is 17.7. The van der Waals surface area contributed by atoms with Gasteiger partial charge in [-0.05, 0) is 37.3 Å². The first-order valence-electron chi connectivity index (χ1n) is 7.49. The van der Waals surface area contributed by atoms with Gasteiger partial charge >= 0.3 is 5.97 Å². The van der Waals surface area contributed by atoms with E-state index in [9.17, 15) is 14.3 Å². The molecule has 2 aromatic rings. The fourth-order valence-electron chi connectivity index (χ4n) is 1.89. The number of benzene rings is 2. The number of ether oxygens (including phenoxy) is 3. The summed E-state index contributed by atoms with van der Waals surface area (Å²) in [6, 6.07) is 12.4. The van der Waals surface area contributed by atoms with Crippen molar-refractivity contribution in [3.8, 4) is 11.5 Å². The van der Waals surface area contributed by atoms with Gasteiger partial charge in [0.2, 0.25) is 0 Å². The lowest BCUT2D eigenvalue weighted by Crippen LogP contribution is -2.27. The summed E-state index contributed by atoms with van der Waals surface area (Å²) in [5.74, 6) is -0.291. The number of hydrogen-bond donors (Lipinski definition) is 1. The van der Waals surface area contributed by atoms with Gasteiger partial charge in [-0.15, -0.1) is 0 Å². The van der Waals surface area contributed by atoms with Crippen molar-refractivity contribution in [1.29, 1.82) is 0 Å². The van der Waals surface area contributed by atoms with Crippen LogP contribution in [0.2, 0.25) is 0 Å². The molecule has 0 aromatic heterocycles. The minimum Gasteiger partial charge on any atom is -0.508 e. The van der Waals surface area contributed by atoms with E-state index in [0.29, 0.717) is 11.3 Å². The number of phenolic OH excluding ortho intramolecular Hbond substituents is 1. The molecule has 1 unspecified atom stereocenters. The van der Waals surface area contributed by atoms with Gasteiger partial charge in [-0.1, -0.05) is 18.2 Å². The van der Waals surface area contributed by atoms with Crippen molar-refractivity contribution in [2.75, 3.05) is 13.2 Å². The highest BCUT2D eigenvalue weighted by Gasteiger charge is 2.16. The lowest BCUT2D eigenvalue weighted by molar-refractivity contribution is -0.152. The van der Waals surface area contributed by atoms with Crippen LogP contribution in [0.3, 0.4) is 0 Å². The average Bonchev–Trinajstić information content (AvgIpc) is 2.58. The van der Waals surface area contributed by atoms with E-state index in [1.54, 1.807) is 37.3 Å². The van der Waals surface area contributed by atoms with Crippen LogP contribution in [-0.2, 0) is 20.9 Å². The highest BCUT2D eigenvalue weighted by Crippen LogP contribution is 2.17. The molecule has 1 atom stereocenters. The van der Waals surface area contributed by atoms with Crippen LogP contribution < -0.4 is 4.74 Å². The standard InChI is InChI=1S/C18H19FO5/c1-13(24-16-8-6-15(20)7-9-16)18(21)23-11-10-22-12-14-4-2-3-5-17(14)19/h2-9,13,20H,10-12H2,1H3. The quantitative estimate of drug-likeness (QED) is 0.594. The van der Waals surface area contributed by atoms with E-state index in [-0.39, 0.29) is 31.4 Å². The normalized spacial score (nSPS) is 11.8. The minimum absolute atomic E-state index is 0.0521. The molecule has 2 rings (SSSR count). The molecule has 0 radical (unpaired) electrons. The van der Waals surface area contributed by atoms with Gasteiger partial charge in [-0.2, -0.15) is 0 Å². The fraction of sp³-hybridized carbons (Fsp3) is 0.278. The van der Waals surface area contributed by atoms with Crippen molar-refractivity contribution < 1.29 is 28.5 Å². The monoisotopic (exact) mass is 334 g/mol. The highest BCUT2D eigenvalue weighted by molar-refractivity contribution is 5.74. The SMILES string of the molecule is CC(Oc1ccc(O)cc1)C(=O)OCCOCc1ccccc1F. The maximum Gasteiger partial charge on any atom is 0.347 e. The van der Waals surface area contributed by atoms with Gasteiger partial charge in [0, 0.05) is 5.56 Å². The van der Waals surface area contributed by atoms with Crippen molar-refractivity contribution >= 4 is 5.97 Å². The lowest BCUT2D eigenvalue weighted by Gasteiger charge is -2.14. The van der Waals surface area contributed by atoms with Crippen LogP contribution in [0.4, 0.5) is 4.39 Å². The molecule has 5 nitrogen and oxygen atoms in total. The number of hydrogen-bond acceptors (Lipinski definition) is 5. The molecule has 0 saturated carbocycles. The zero-order chi connectivity index (χ0) is 17.4. The van der Waals surface area contributed by atoms with Crippen LogP contribution in [0, 0.1) is 5.82 Å². The van der Waals surface area contributed by atoms with Gasteiger partial charge in [0.25, 0.3) is 0 Å². The fourth-order valence-corrected chi connectivity index (χ4v) is 1.89. The number of phenols is 1. The number of rotatable bonds is 8. The van der Waals surface area contributed by atoms with Crippen LogP contribution in [0.25, 0.3) is 0 Å². The Bertz CT molecular complexity index is 657. The molecule has 0 spiro atoms. The average molecular weight is 334 g/mol. The Morgan fingerprint density at radius 2 is 1.83 bits per heavy atom. The van der Waals surface area contributed by atoms with Gasteiger partial charge < -0.3 is 19.3 Å². The van der Waals surface area contributed by atoms with Crippen molar-refractivity contribution in [1.82, 2.24) is 0 Å². The Morgan fingerprint density at radius 1 is 1.12 bits per heavy atom. The van der Waals surface area contributed by atoms with Crippen molar-refractivity contribution in [2.24, 2.45) is 0 Å². The van der Waals surface area contributed by atoms with Gasteiger partial charge in [0.15, 0.2) is 6.10 Å². The van der Waals surface area contributed by atoms with E-state index >= 15 is 0 Å². The summed E-state index contributed by atoms with van der Waals surface area (Å²) in [4.78, 5) is 11.8. The minimum atomic E-state index is -0.791. The first-order valence-corrected chi connectivity index (χ1v) is 7.49. The molecule has 24 heavy (non-hydrogen) atoms. The summed E-state index contributed by atoms with van der Waals surface area (Å²) in [5, 5.41) is 9.18. The Labute approximate surface area is 139 Å². The molecule has 0 fully saturated rings. The topological polar surface area (TPSA) is 65.0 Å². The third-order valence-corrected chi connectivity index (χ3v) is 3.17. The van der Waals surface area contributed by atoms with Crippen molar-refractivity contribution in [2.45, 2.75) is 19.6 Å². The maximum atomic E-state index is 13.4. The Morgan fingerprint density at radius 3 is 2.54 bits per heavy atom. The van der Waals surface area contributed by atoms with E-state index in [1.807, 2.05) is 0 Å². The molecule has 128 valence electrons. The summed E-state index contributed by atoms with van der Waals surface area (Å²) in [6.45, 7) is 1.89. The van der Waals surface area contributed by atoms with E-state index in [2.05, 4.69) is 0 Å². The number of carbonyl (C=O) groups is 1. The third kappa shape index (κ3) is 5.55. The van der Waals surface area contributed by atoms with E-state index in [0.717, 1.165) is 0 Å². The van der Waals surface area contributed by atoms with E-state index < -0.39 is 12.1 Å². The summed E-state index contributed by atoms with van der Waals surface area (Å²) in [7, 11) is 0.